The fourth-order valence-corrected chi connectivity index (χ4v) is 6.10. The maximum absolute atomic E-state index is 12.8. The van der Waals surface area contributed by atoms with E-state index < -0.39 is 6.10 Å². The molecule has 0 bridgehead atoms. The van der Waals surface area contributed by atoms with E-state index in [9.17, 15) is 14.4 Å². The molecule has 61 heavy (non-hydrogen) atoms. The van der Waals surface area contributed by atoms with Gasteiger partial charge in [0.25, 0.3) is 0 Å². The van der Waals surface area contributed by atoms with Gasteiger partial charge in [-0.15, -0.1) is 0 Å². The Kier molecular flexibility index (Phi) is 45.1. The second-order valence-electron chi connectivity index (χ2n) is 15.4. The third-order valence-electron chi connectivity index (χ3n) is 9.66. The second-order valence-corrected chi connectivity index (χ2v) is 15.4. The summed E-state index contributed by atoms with van der Waals surface area (Å²) in [6.45, 7) is 6.16. The van der Waals surface area contributed by atoms with Crippen LogP contribution in [0.2, 0.25) is 0 Å². The summed E-state index contributed by atoms with van der Waals surface area (Å²) in [4.78, 5) is 37.9. The number of hydrogen-bond acceptors (Lipinski definition) is 6. The highest BCUT2D eigenvalue weighted by molar-refractivity contribution is 5.71. The average molecular weight is 843 g/mol. The Morgan fingerprint density at radius 2 is 0.590 bits per heavy atom. The summed E-state index contributed by atoms with van der Waals surface area (Å²) in [6, 6.07) is 0. The van der Waals surface area contributed by atoms with Gasteiger partial charge in [0.1, 0.15) is 13.2 Å². The molecule has 6 heteroatoms. The minimum atomic E-state index is -0.805. The van der Waals surface area contributed by atoms with Gasteiger partial charge in [0.15, 0.2) is 6.10 Å². The van der Waals surface area contributed by atoms with Gasteiger partial charge in [-0.3, -0.25) is 14.4 Å². The van der Waals surface area contributed by atoms with Crippen LogP contribution in [-0.2, 0) is 28.6 Å². The van der Waals surface area contributed by atoms with E-state index in [1.165, 1.54) is 19.3 Å². The molecular weight excluding hydrogens is 757 g/mol. The van der Waals surface area contributed by atoms with Crippen LogP contribution >= 0.6 is 0 Å². The van der Waals surface area contributed by atoms with Crippen molar-refractivity contribution in [2.24, 2.45) is 0 Å². The SMILES string of the molecule is CC/C=C/C=C/C=C/C=C/CCCCCCCC(=O)OCC(COC(=O)CCCCCCC/C=C/C=C/C=C/CC)OC(=O)CCCCCCCCC/C=C/C=C/C=C/CC. The van der Waals surface area contributed by atoms with E-state index in [4.69, 9.17) is 14.2 Å². The second kappa shape index (κ2) is 48.5. The summed E-state index contributed by atoms with van der Waals surface area (Å²) in [5.41, 5.74) is 0. The Bertz CT molecular complexity index is 1340. The van der Waals surface area contributed by atoms with Gasteiger partial charge >= 0.3 is 17.9 Å². The fourth-order valence-electron chi connectivity index (χ4n) is 6.10. The van der Waals surface area contributed by atoms with Gasteiger partial charge in [-0.1, -0.05) is 213 Å². The number of ether oxygens (including phenoxy) is 3. The topological polar surface area (TPSA) is 78.9 Å². The number of unbranched alkanes of at least 4 members (excludes halogenated alkanes) is 17. The number of allylic oxidation sites excluding steroid dienone is 20. The van der Waals surface area contributed by atoms with Gasteiger partial charge in [-0.2, -0.15) is 0 Å². The van der Waals surface area contributed by atoms with Crippen molar-refractivity contribution in [2.75, 3.05) is 13.2 Å². The fraction of sp³-hybridized carbons (Fsp3) is 0.582. The quantitative estimate of drug-likeness (QED) is 0.0264. The van der Waals surface area contributed by atoms with Crippen LogP contribution in [0.1, 0.15) is 188 Å². The predicted octanol–water partition coefficient (Wildman–Crippen LogP) is 15.7. The van der Waals surface area contributed by atoms with Crippen LogP contribution in [0.5, 0.6) is 0 Å². The van der Waals surface area contributed by atoms with E-state index in [2.05, 4.69) is 112 Å². The lowest BCUT2D eigenvalue weighted by molar-refractivity contribution is -0.167. The lowest BCUT2D eigenvalue weighted by Crippen LogP contribution is -2.30. The van der Waals surface area contributed by atoms with E-state index >= 15 is 0 Å². The maximum Gasteiger partial charge on any atom is 0.306 e. The standard InChI is InChI=1S/C55H86O6/c1-4-7-10-13-16-19-22-25-27-30-33-36-39-42-45-48-54(57)60-51-52(50-59-53(56)47-44-41-38-35-32-29-24-21-18-15-12-9-6-3)61-55(58)49-46-43-40-37-34-31-28-26-23-20-17-14-11-8-5-2/h7-25,27,52H,4-6,26,28-51H2,1-3H3/b10-7+,11-8+,12-9+,16-13+,17-14+,18-15+,22-19+,23-20+,24-21+,27-25+. The summed E-state index contributed by atoms with van der Waals surface area (Å²) in [5.74, 6) is -0.971. The molecule has 0 aromatic carbocycles. The molecule has 0 saturated carbocycles. The van der Waals surface area contributed by atoms with Crippen molar-refractivity contribution >= 4 is 17.9 Å². The first-order valence-corrected chi connectivity index (χ1v) is 24.2. The molecule has 0 rings (SSSR count). The van der Waals surface area contributed by atoms with Crippen molar-refractivity contribution in [1.29, 1.82) is 0 Å². The molecule has 0 aromatic heterocycles. The van der Waals surface area contributed by atoms with Crippen LogP contribution < -0.4 is 0 Å². The Morgan fingerprint density at radius 3 is 0.918 bits per heavy atom. The zero-order chi connectivity index (χ0) is 44.4. The normalized spacial score (nSPS) is 13.2. The monoisotopic (exact) mass is 843 g/mol. The molecule has 6 nitrogen and oxygen atoms in total. The van der Waals surface area contributed by atoms with Crippen molar-refractivity contribution in [1.82, 2.24) is 0 Å². The third kappa shape index (κ3) is 46.7. The van der Waals surface area contributed by atoms with Crippen molar-refractivity contribution in [2.45, 2.75) is 194 Å². The highest BCUT2D eigenvalue weighted by Crippen LogP contribution is 2.13. The van der Waals surface area contributed by atoms with Gasteiger partial charge < -0.3 is 14.2 Å². The van der Waals surface area contributed by atoms with Gasteiger partial charge in [0, 0.05) is 19.3 Å². The average Bonchev–Trinajstić information content (AvgIpc) is 3.26. The van der Waals surface area contributed by atoms with Crippen molar-refractivity contribution in [3.63, 3.8) is 0 Å². The first-order chi connectivity index (χ1) is 30.0. The zero-order valence-corrected chi connectivity index (χ0v) is 38.9. The molecule has 0 N–H and O–H groups in total. The molecule has 1 atom stereocenters. The highest BCUT2D eigenvalue weighted by atomic mass is 16.6. The Balaban J connectivity index is 4.51. The van der Waals surface area contributed by atoms with Crippen LogP contribution in [0.25, 0.3) is 0 Å². The smallest absolute Gasteiger partial charge is 0.306 e. The number of hydrogen-bond donors (Lipinski definition) is 0. The van der Waals surface area contributed by atoms with Crippen LogP contribution in [0.15, 0.2) is 122 Å². The third-order valence-corrected chi connectivity index (χ3v) is 9.66. The van der Waals surface area contributed by atoms with Crippen molar-refractivity contribution in [3.8, 4) is 0 Å². The van der Waals surface area contributed by atoms with Crippen molar-refractivity contribution < 1.29 is 28.6 Å². The molecule has 0 amide bonds. The van der Waals surface area contributed by atoms with Gasteiger partial charge in [-0.25, -0.2) is 0 Å². The minimum Gasteiger partial charge on any atom is -0.462 e. The van der Waals surface area contributed by atoms with E-state index in [1.807, 2.05) is 30.4 Å². The number of carbonyl (C=O) groups is 3. The van der Waals surface area contributed by atoms with Crippen molar-refractivity contribution in [3.05, 3.63) is 122 Å². The van der Waals surface area contributed by atoms with E-state index in [-0.39, 0.29) is 31.1 Å². The summed E-state index contributed by atoms with van der Waals surface area (Å²) in [5, 5.41) is 0. The molecule has 0 fully saturated rings. The molecule has 0 radical (unpaired) electrons. The first kappa shape index (κ1) is 56.8. The Hall–Kier alpha value is -4.19. The number of carbonyl (C=O) groups excluding carboxylic acids is 3. The maximum atomic E-state index is 12.8. The van der Waals surface area contributed by atoms with E-state index in [0.29, 0.717) is 19.3 Å². The summed E-state index contributed by atoms with van der Waals surface area (Å²) >= 11 is 0. The van der Waals surface area contributed by atoms with Gasteiger partial charge in [0.05, 0.1) is 0 Å². The van der Waals surface area contributed by atoms with Crippen LogP contribution in [0.4, 0.5) is 0 Å². The Labute approximate surface area is 373 Å². The molecule has 342 valence electrons. The summed E-state index contributed by atoms with van der Waals surface area (Å²) in [6.07, 6.45) is 66.0. The van der Waals surface area contributed by atoms with E-state index in [0.717, 1.165) is 128 Å². The Morgan fingerprint density at radius 1 is 0.328 bits per heavy atom. The summed E-state index contributed by atoms with van der Waals surface area (Å²) < 4.78 is 16.7. The highest BCUT2D eigenvalue weighted by Gasteiger charge is 2.19. The molecule has 0 aromatic rings. The molecular formula is C55H86O6. The van der Waals surface area contributed by atoms with Crippen LogP contribution in [-0.4, -0.2) is 37.2 Å². The molecule has 0 heterocycles. The molecule has 0 aliphatic heterocycles. The number of esters is 3. The number of rotatable bonds is 41. The first-order valence-electron chi connectivity index (χ1n) is 24.2. The molecule has 1 unspecified atom stereocenters. The predicted molar refractivity (Wildman–Crippen MR) is 260 cm³/mol. The van der Waals surface area contributed by atoms with Gasteiger partial charge in [0.2, 0.25) is 0 Å². The van der Waals surface area contributed by atoms with Crippen LogP contribution in [0.3, 0.4) is 0 Å². The molecule has 0 aliphatic rings. The summed E-state index contributed by atoms with van der Waals surface area (Å²) in [7, 11) is 0. The molecule has 0 spiro atoms. The largest absolute Gasteiger partial charge is 0.462 e. The lowest BCUT2D eigenvalue weighted by Gasteiger charge is -2.18. The minimum absolute atomic E-state index is 0.106. The molecule has 0 saturated heterocycles. The van der Waals surface area contributed by atoms with Gasteiger partial charge in [-0.05, 0) is 77.0 Å². The zero-order valence-electron chi connectivity index (χ0n) is 38.9. The molecule has 0 aliphatic carbocycles. The van der Waals surface area contributed by atoms with Crippen LogP contribution in [0, 0.1) is 0 Å². The lowest BCUT2D eigenvalue weighted by atomic mass is 10.1. The van der Waals surface area contributed by atoms with E-state index in [1.54, 1.807) is 0 Å².